The molecule has 192 valence electrons. The van der Waals surface area contributed by atoms with Gasteiger partial charge in [-0.05, 0) is 54.1 Å². The van der Waals surface area contributed by atoms with Gasteiger partial charge >= 0.3 is 12.1 Å². The number of carboxylic acids is 1. The first-order chi connectivity index (χ1) is 16.2. The first kappa shape index (κ1) is 26.9. The highest BCUT2D eigenvalue weighted by Gasteiger charge is 2.47. The van der Waals surface area contributed by atoms with E-state index in [0.29, 0.717) is 12.2 Å². The van der Waals surface area contributed by atoms with E-state index in [2.05, 4.69) is 33.9 Å². The van der Waals surface area contributed by atoms with Crippen molar-refractivity contribution in [2.45, 2.75) is 77.2 Å². The number of nitrogens with zero attached hydrogens (tertiary/aromatic N) is 2. The van der Waals surface area contributed by atoms with Crippen molar-refractivity contribution >= 4 is 31.9 Å². The van der Waals surface area contributed by atoms with E-state index in [9.17, 15) is 24.6 Å². The zero-order chi connectivity index (χ0) is 26.1. The Kier molecular flexibility index (Phi) is 7.81. The summed E-state index contributed by atoms with van der Waals surface area (Å²) in [7, 11) is -1.76. The lowest BCUT2D eigenvalue weighted by molar-refractivity contribution is -0.137. The van der Waals surface area contributed by atoms with Gasteiger partial charge in [-0.2, -0.15) is 0 Å². The summed E-state index contributed by atoms with van der Waals surface area (Å²) in [6.07, 6.45) is 0.878. The van der Waals surface area contributed by atoms with Gasteiger partial charge in [-0.3, -0.25) is 9.69 Å². The lowest BCUT2D eigenvalue weighted by Gasteiger charge is -2.49. The molecule has 1 aromatic rings. The molecule has 35 heavy (non-hydrogen) atoms. The zero-order valence-electron chi connectivity index (χ0n) is 21.6. The van der Waals surface area contributed by atoms with Crippen molar-refractivity contribution in [3.8, 4) is 0 Å². The number of hydrogen-bond acceptors (Lipinski definition) is 4. The van der Waals surface area contributed by atoms with Crippen LogP contribution in [0.3, 0.4) is 0 Å². The van der Waals surface area contributed by atoms with Gasteiger partial charge in [-0.25, -0.2) is 9.59 Å². The van der Waals surface area contributed by atoms with Gasteiger partial charge in [-0.15, -0.1) is 0 Å². The average molecular weight is 503 g/mol. The van der Waals surface area contributed by atoms with E-state index in [1.807, 2.05) is 24.3 Å². The first-order valence-corrected chi connectivity index (χ1v) is 15.1. The number of amides is 2. The molecule has 0 radical (unpaired) electrons. The minimum absolute atomic E-state index is 0.0512. The topological polar surface area (TPSA) is 107 Å². The van der Waals surface area contributed by atoms with Crippen molar-refractivity contribution in [3.05, 3.63) is 41.0 Å². The zero-order valence-corrected chi connectivity index (χ0v) is 22.6. The second kappa shape index (κ2) is 10.1. The number of rotatable bonds is 7. The highest BCUT2D eigenvalue weighted by molar-refractivity contribution is 6.74. The maximum Gasteiger partial charge on any atom is 0.408 e. The first-order valence-electron chi connectivity index (χ1n) is 12.2. The largest absolute Gasteiger partial charge is 0.478 e. The summed E-state index contributed by atoms with van der Waals surface area (Å²) in [6.45, 7) is 13.6. The SMILES string of the molecule is CC(=O)N1C[C@H]2CC(c3ccc(CCCO[Si](C)(C)C(C)(C)C)cc3)=C(C(=O)O)[C@@H](C1)N2C(=O)O. The minimum Gasteiger partial charge on any atom is -0.478 e. The molecule has 2 aliphatic rings. The molecule has 0 saturated carbocycles. The summed E-state index contributed by atoms with van der Waals surface area (Å²) in [5.41, 5.74) is 2.65. The molecule has 2 atom stereocenters. The number of aryl methyl sites for hydroxylation is 1. The van der Waals surface area contributed by atoms with Gasteiger partial charge in [0.25, 0.3) is 0 Å². The summed E-state index contributed by atoms with van der Waals surface area (Å²) in [5.74, 6) is -1.33. The number of carbonyl (C=O) groups excluding carboxylic acids is 1. The molecule has 2 aliphatic heterocycles. The molecule has 1 saturated heterocycles. The second-order valence-electron chi connectivity index (χ2n) is 11.1. The lowest BCUT2D eigenvalue weighted by atomic mass is 9.82. The molecule has 0 aromatic heterocycles. The Morgan fingerprint density at radius 2 is 1.71 bits per heavy atom. The molecule has 9 heteroatoms. The van der Waals surface area contributed by atoms with Crippen LogP contribution < -0.4 is 0 Å². The fraction of sp³-hybridized carbons (Fsp3) is 0.577. The Balaban J connectivity index is 1.78. The molecule has 0 unspecified atom stereocenters. The van der Waals surface area contributed by atoms with Gasteiger partial charge in [0.05, 0.1) is 17.7 Å². The summed E-state index contributed by atoms with van der Waals surface area (Å²) < 4.78 is 6.26. The standard InChI is InChI=1S/C26H38N2O6Si/c1-17(29)27-15-20-14-21(23(24(30)31)22(16-27)28(20)25(32)33)19-11-9-18(10-12-19)8-7-13-34-35(5,6)26(2,3)4/h9-12,20,22H,7-8,13-16H2,1-6H3,(H,30,31)(H,32,33)/t20-,22-/m1/s1. The summed E-state index contributed by atoms with van der Waals surface area (Å²) in [5, 5.41) is 20.0. The van der Waals surface area contributed by atoms with Crippen molar-refractivity contribution < 1.29 is 29.0 Å². The predicted octanol–water partition coefficient (Wildman–Crippen LogP) is 4.46. The molecule has 8 nitrogen and oxygen atoms in total. The van der Waals surface area contributed by atoms with Crippen LogP contribution in [0, 0.1) is 0 Å². The van der Waals surface area contributed by atoms with Crippen LogP contribution in [0.2, 0.25) is 18.1 Å². The predicted molar refractivity (Wildman–Crippen MR) is 137 cm³/mol. The van der Waals surface area contributed by atoms with E-state index in [1.54, 1.807) is 4.90 Å². The maximum absolute atomic E-state index is 12.3. The van der Waals surface area contributed by atoms with Crippen LogP contribution in [0.15, 0.2) is 29.8 Å². The van der Waals surface area contributed by atoms with Crippen molar-refractivity contribution in [3.63, 3.8) is 0 Å². The lowest BCUT2D eigenvalue weighted by Crippen LogP contribution is -2.64. The molecule has 2 heterocycles. The van der Waals surface area contributed by atoms with Crippen molar-refractivity contribution in [1.82, 2.24) is 9.80 Å². The third-order valence-electron chi connectivity index (χ3n) is 7.73. The number of hydrogen-bond donors (Lipinski definition) is 2. The van der Waals surface area contributed by atoms with Crippen molar-refractivity contribution in [1.29, 1.82) is 0 Å². The van der Waals surface area contributed by atoms with E-state index < -0.39 is 32.5 Å². The van der Waals surface area contributed by atoms with Crippen LogP contribution in [0.5, 0.6) is 0 Å². The fourth-order valence-electron chi connectivity index (χ4n) is 4.69. The normalized spacial score (nSPS) is 20.7. The summed E-state index contributed by atoms with van der Waals surface area (Å²) in [4.78, 5) is 39.0. The Morgan fingerprint density at radius 3 is 2.23 bits per heavy atom. The molecule has 1 aromatic carbocycles. The number of aliphatic carboxylic acids is 1. The highest BCUT2D eigenvalue weighted by Crippen LogP contribution is 2.39. The minimum atomic E-state index is -1.76. The second-order valence-corrected chi connectivity index (χ2v) is 15.9. The number of fused-ring (bicyclic) bond motifs is 2. The van der Waals surface area contributed by atoms with Gasteiger partial charge in [0.1, 0.15) is 0 Å². The van der Waals surface area contributed by atoms with Gasteiger partial charge in [0.2, 0.25) is 5.91 Å². The summed E-state index contributed by atoms with van der Waals surface area (Å²) >= 11 is 0. The maximum atomic E-state index is 12.3. The fourth-order valence-corrected chi connectivity index (χ4v) is 5.78. The highest BCUT2D eigenvalue weighted by atomic mass is 28.4. The van der Waals surface area contributed by atoms with E-state index in [0.717, 1.165) is 24.0 Å². The van der Waals surface area contributed by atoms with Crippen LogP contribution >= 0.6 is 0 Å². The number of benzene rings is 1. The molecule has 1 fully saturated rings. The van der Waals surface area contributed by atoms with E-state index >= 15 is 0 Å². The van der Waals surface area contributed by atoms with Gasteiger partial charge < -0.3 is 19.5 Å². The number of carbonyl (C=O) groups is 3. The van der Waals surface area contributed by atoms with Crippen LogP contribution in [0.25, 0.3) is 5.57 Å². The summed E-state index contributed by atoms with van der Waals surface area (Å²) in [6, 6.07) is 6.52. The van der Waals surface area contributed by atoms with Crippen LogP contribution in [-0.2, 0) is 20.4 Å². The van der Waals surface area contributed by atoms with Crippen molar-refractivity contribution in [2.24, 2.45) is 0 Å². The quantitative estimate of drug-likeness (QED) is 0.421. The number of piperazine rings is 1. The number of carboxylic acid groups (broad SMARTS) is 2. The smallest absolute Gasteiger partial charge is 0.408 e. The Labute approximate surface area is 208 Å². The molecule has 2 N–H and O–H groups in total. The Bertz CT molecular complexity index is 1010. The van der Waals surface area contributed by atoms with E-state index in [1.165, 1.54) is 11.8 Å². The monoisotopic (exact) mass is 502 g/mol. The molecule has 0 aliphatic carbocycles. The van der Waals surface area contributed by atoms with Crippen LogP contribution in [0.4, 0.5) is 4.79 Å². The third-order valence-corrected chi connectivity index (χ3v) is 12.3. The molecular formula is C26H38N2O6Si. The Morgan fingerprint density at radius 1 is 1.09 bits per heavy atom. The molecule has 2 amide bonds. The third kappa shape index (κ3) is 5.78. The van der Waals surface area contributed by atoms with Crippen LogP contribution in [-0.4, -0.2) is 78.1 Å². The van der Waals surface area contributed by atoms with E-state index in [-0.39, 0.29) is 36.0 Å². The molecule has 0 spiro atoms. The van der Waals surface area contributed by atoms with Crippen molar-refractivity contribution in [2.75, 3.05) is 19.7 Å². The molecular weight excluding hydrogens is 464 g/mol. The Hall–Kier alpha value is -2.65. The van der Waals surface area contributed by atoms with Gasteiger partial charge in [0.15, 0.2) is 8.32 Å². The molecule has 2 bridgehead atoms. The average Bonchev–Trinajstić information content (AvgIpc) is 2.74. The van der Waals surface area contributed by atoms with Crippen LogP contribution in [0.1, 0.15) is 51.7 Å². The molecule has 3 rings (SSSR count). The van der Waals surface area contributed by atoms with E-state index in [4.69, 9.17) is 4.43 Å². The van der Waals surface area contributed by atoms with Gasteiger partial charge in [-0.1, -0.05) is 45.0 Å². The van der Waals surface area contributed by atoms with Gasteiger partial charge in [0, 0.05) is 26.6 Å².